The molecule has 0 aliphatic rings. The number of amides is 1. The lowest BCUT2D eigenvalue weighted by Gasteiger charge is -2.08. The average Bonchev–Trinajstić information content (AvgIpc) is 2.60. The second-order valence-electron chi connectivity index (χ2n) is 5.14. The van der Waals surface area contributed by atoms with E-state index >= 15 is 0 Å². The van der Waals surface area contributed by atoms with Crippen molar-refractivity contribution in [2.75, 3.05) is 22.8 Å². The normalized spacial score (nSPS) is 11.1. The fourth-order valence-corrected chi connectivity index (χ4v) is 3.44. The highest BCUT2D eigenvalue weighted by atomic mass is 35.5. The largest absolute Gasteiger partial charge is 0.351 e. The minimum atomic E-state index is -3.31. The van der Waals surface area contributed by atoms with E-state index in [-0.39, 0.29) is 11.7 Å². The maximum atomic E-state index is 12.1. The number of hydrogen-bond acceptors (Lipinski definition) is 4. The van der Waals surface area contributed by atoms with E-state index in [0.29, 0.717) is 22.8 Å². The number of hydrogen-bond donors (Lipinski definition) is 2. The molecule has 0 saturated carbocycles. The Morgan fingerprint density at radius 3 is 2.32 bits per heavy atom. The van der Waals surface area contributed by atoms with E-state index in [2.05, 4.69) is 10.0 Å². The van der Waals surface area contributed by atoms with Gasteiger partial charge in [0.05, 0.1) is 5.75 Å². The van der Waals surface area contributed by atoms with E-state index in [0.717, 1.165) is 10.6 Å². The van der Waals surface area contributed by atoms with Gasteiger partial charge >= 0.3 is 0 Å². The van der Waals surface area contributed by atoms with Gasteiger partial charge in [-0.2, -0.15) is 0 Å². The van der Waals surface area contributed by atoms with E-state index in [4.69, 9.17) is 11.6 Å². The van der Waals surface area contributed by atoms with Crippen molar-refractivity contribution < 1.29 is 13.2 Å². The minimum Gasteiger partial charge on any atom is -0.351 e. The van der Waals surface area contributed by atoms with Crippen LogP contribution in [0.3, 0.4) is 0 Å². The molecule has 0 fully saturated rings. The van der Waals surface area contributed by atoms with E-state index in [1.807, 2.05) is 24.3 Å². The molecule has 0 heterocycles. The van der Waals surface area contributed by atoms with Crippen LogP contribution >= 0.6 is 23.4 Å². The Labute approximate surface area is 157 Å². The summed E-state index contributed by atoms with van der Waals surface area (Å²) in [6.45, 7) is 2.09. The fourth-order valence-electron chi connectivity index (χ4n) is 1.91. The number of sulfonamides is 1. The van der Waals surface area contributed by atoms with E-state index < -0.39 is 10.0 Å². The Kier molecular flexibility index (Phi) is 7.16. The van der Waals surface area contributed by atoms with Gasteiger partial charge in [-0.15, -0.1) is 11.8 Å². The molecule has 2 aromatic rings. The molecule has 5 nitrogen and oxygen atoms in total. The van der Waals surface area contributed by atoms with Crippen molar-refractivity contribution >= 4 is 45.0 Å². The molecule has 2 rings (SSSR count). The fraction of sp³-hybridized carbons (Fsp3) is 0.235. The summed E-state index contributed by atoms with van der Waals surface area (Å²) in [4.78, 5) is 13.2. The molecular formula is C17H19ClN2O3S2. The quantitative estimate of drug-likeness (QED) is 0.526. The van der Waals surface area contributed by atoms with Crippen LogP contribution in [0.25, 0.3) is 0 Å². The topological polar surface area (TPSA) is 75.3 Å². The molecule has 0 spiro atoms. The zero-order valence-corrected chi connectivity index (χ0v) is 16.0. The van der Waals surface area contributed by atoms with Crippen molar-refractivity contribution in [2.45, 2.75) is 11.8 Å². The number of anilines is 1. The van der Waals surface area contributed by atoms with Crippen LogP contribution in [0.5, 0.6) is 0 Å². The van der Waals surface area contributed by atoms with Crippen LogP contribution in [-0.2, 0) is 10.0 Å². The van der Waals surface area contributed by atoms with Gasteiger partial charge in [-0.25, -0.2) is 8.42 Å². The summed E-state index contributed by atoms with van der Waals surface area (Å²) in [5.41, 5.74) is 0.924. The van der Waals surface area contributed by atoms with Gasteiger partial charge in [0.2, 0.25) is 10.0 Å². The Morgan fingerprint density at radius 2 is 1.72 bits per heavy atom. The maximum absolute atomic E-state index is 12.1. The van der Waals surface area contributed by atoms with Gasteiger partial charge in [0.25, 0.3) is 5.91 Å². The van der Waals surface area contributed by atoms with Gasteiger partial charge in [0.15, 0.2) is 0 Å². The minimum absolute atomic E-state index is 0.000520. The van der Waals surface area contributed by atoms with Crippen LogP contribution < -0.4 is 10.0 Å². The summed E-state index contributed by atoms with van der Waals surface area (Å²) in [5, 5.41) is 3.53. The molecule has 0 saturated heterocycles. The molecule has 0 aliphatic carbocycles. The van der Waals surface area contributed by atoms with Gasteiger partial charge < -0.3 is 5.32 Å². The monoisotopic (exact) mass is 398 g/mol. The first-order valence-corrected chi connectivity index (χ1v) is 10.7. The van der Waals surface area contributed by atoms with Crippen LogP contribution in [0.15, 0.2) is 53.4 Å². The van der Waals surface area contributed by atoms with Crippen LogP contribution in [0.1, 0.15) is 17.3 Å². The summed E-state index contributed by atoms with van der Waals surface area (Å²) in [5.74, 6) is 0.545. The van der Waals surface area contributed by atoms with Crippen LogP contribution in [0.4, 0.5) is 5.69 Å². The molecular weight excluding hydrogens is 380 g/mol. The molecule has 0 unspecified atom stereocenters. The zero-order valence-electron chi connectivity index (χ0n) is 13.7. The van der Waals surface area contributed by atoms with Crippen molar-refractivity contribution in [2.24, 2.45) is 0 Å². The van der Waals surface area contributed by atoms with E-state index in [1.54, 1.807) is 43.0 Å². The highest BCUT2D eigenvalue weighted by Gasteiger charge is 2.08. The summed E-state index contributed by atoms with van der Waals surface area (Å²) in [6, 6.07) is 13.9. The highest BCUT2D eigenvalue weighted by Crippen LogP contribution is 2.19. The maximum Gasteiger partial charge on any atom is 0.251 e. The van der Waals surface area contributed by atoms with Crippen molar-refractivity contribution in [3.63, 3.8) is 0 Å². The Hall–Kier alpha value is -1.70. The molecule has 8 heteroatoms. The smallest absolute Gasteiger partial charge is 0.251 e. The molecule has 25 heavy (non-hydrogen) atoms. The summed E-state index contributed by atoms with van der Waals surface area (Å²) < 4.78 is 25.4. The van der Waals surface area contributed by atoms with Crippen LogP contribution in [0.2, 0.25) is 5.02 Å². The molecule has 0 radical (unpaired) electrons. The molecule has 0 aromatic heterocycles. The third-order valence-corrected chi connectivity index (χ3v) is 5.84. The Bertz CT molecular complexity index is 807. The predicted octanol–water partition coefficient (Wildman–Crippen LogP) is 3.62. The molecule has 0 bridgehead atoms. The van der Waals surface area contributed by atoms with E-state index in [9.17, 15) is 13.2 Å². The van der Waals surface area contributed by atoms with Crippen molar-refractivity contribution in [1.29, 1.82) is 0 Å². The van der Waals surface area contributed by atoms with Crippen molar-refractivity contribution in [1.82, 2.24) is 5.32 Å². The summed E-state index contributed by atoms with van der Waals surface area (Å²) in [7, 11) is -3.31. The number of rotatable bonds is 8. The third-order valence-electron chi connectivity index (χ3n) is 3.27. The number of nitrogens with one attached hydrogen (secondary N) is 2. The molecule has 1 amide bonds. The molecule has 0 atom stereocenters. The second kappa shape index (κ2) is 9.12. The number of benzene rings is 2. The number of carbonyl (C=O) groups is 1. The average molecular weight is 399 g/mol. The lowest BCUT2D eigenvalue weighted by Crippen LogP contribution is -2.25. The third kappa shape index (κ3) is 6.61. The Balaban J connectivity index is 1.79. The first kappa shape index (κ1) is 19.6. The first-order chi connectivity index (χ1) is 11.9. The number of halogens is 1. The summed E-state index contributed by atoms with van der Waals surface area (Å²) >= 11 is 7.46. The summed E-state index contributed by atoms with van der Waals surface area (Å²) in [6.07, 6.45) is 0. The number of carbonyl (C=O) groups excluding carboxylic acids is 1. The molecule has 134 valence electrons. The Morgan fingerprint density at radius 1 is 1.08 bits per heavy atom. The lowest BCUT2D eigenvalue weighted by molar-refractivity contribution is 0.0956. The van der Waals surface area contributed by atoms with Crippen LogP contribution in [-0.4, -0.2) is 32.4 Å². The predicted molar refractivity (Wildman–Crippen MR) is 104 cm³/mol. The standard InChI is InChI=1S/C17H19ClN2O3S2/c1-2-25(22,23)20-15-7-3-13(4-8-15)17(21)19-11-12-24-16-9-5-14(18)6-10-16/h3-10,20H,2,11-12H2,1H3,(H,19,21). The van der Waals surface area contributed by atoms with Gasteiger partial charge in [-0.05, 0) is 55.5 Å². The zero-order chi connectivity index (χ0) is 18.3. The van der Waals surface area contributed by atoms with Crippen molar-refractivity contribution in [3.05, 3.63) is 59.1 Å². The van der Waals surface area contributed by atoms with Gasteiger partial charge in [-0.3, -0.25) is 9.52 Å². The number of thioether (sulfide) groups is 1. The van der Waals surface area contributed by atoms with Crippen molar-refractivity contribution in [3.8, 4) is 0 Å². The van der Waals surface area contributed by atoms with E-state index in [1.165, 1.54) is 0 Å². The van der Waals surface area contributed by atoms with Gasteiger partial charge in [0.1, 0.15) is 0 Å². The molecule has 2 N–H and O–H groups in total. The lowest BCUT2D eigenvalue weighted by atomic mass is 10.2. The first-order valence-electron chi connectivity index (χ1n) is 7.67. The van der Waals surface area contributed by atoms with Gasteiger partial charge in [-0.1, -0.05) is 11.6 Å². The second-order valence-corrected chi connectivity index (χ2v) is 8.76. The molecule has 2 aromatic carbocycles. The molecule has 0 aliphatic heterocycles. The van der Waals surface area contributed by atoms with Crippen LogP contribution in [0, 0.1) is 0 Å². The van der Waals surface area contributed by atoms with Gasteiger partial charge in [0, 0.05) is 33.5 Å². The SMILES string of the molecule is CCS(=O)(=O)Nc1ccc(C(=O)NCCSc2ccc(Cl)cc2)cc1. The highest BCUT2D eigenvalue weighted by molar-refractivity contribution is 7.99.